The smallest absolute Gasteiger partial charge is 0.239 e. The number of amides is 1. The largest absolute Gasteiger partial charge is 0.384 e. The molecule has 3 N–H and O–H groups in total. The molecule has 176 valence electrons. The molecule has 1 aliphatic heterocycles. The number of thiazole rings is 1. The number of nitrogens with one attached hydrogen (secondary N) is 2. The molecule has 1 amide bonds. The van der Waals surface area contributed by atoms with E-state index in [-0.39, 0.29) is 18.5 Å². The molecule has 1 aromatic carbocycles. The summed E-state index contributed by atoms with van der Waals surface area (Å²) in [5.74, 6) is 0.733. The van der Waals surface area contributed by atoms with Crippen molar-refractivity contribution in [2.24, 2.45) is 7.05 Å². The number of benzene rings is 1. The van der Waals surface area contributed by atoms with Crippen LogP contribution in [0.1, 0.15) is 41.1 Å². The summed E-state index contributed by atoms with van der Waals surface area (Å²) in [6.45, 7) is 5.99. The topological polar surface area (TPSA) is 95.3 Å². The lowest BCUT2D eigenvalue weighted by atomic mass is 9.80. The van der Waals surface area contributed by atoms with Crippen molar-refractivity contribution < 1.29 is 9.90 Å². The van der Waals surface area contributed by atoms with Crippen LogP contribution in [0.3, 0.4) is 0 Å². The van der Waals surface area contributed by atoms with Crippen LogP contribution in [0.15, 0.2) is 24.4 Å². The number of carbonyl (C=O) groups is 1. The van der Waals surface area contributed by atoms with Crippen molar-refractivity contribution in [2.45, 2.75) is 57.2 Å². The van der Waals surface area contributed by atoms with Crippen LogP contribution in [-0.4, -0.2) is 62.4 Å². The SMILES string of the molecule is Cc1ccc2c(c1)c(NCC(=O)NC1CN([C@H]3CC[C@@](O)(c4cnc(C)s4)CC3)C1)nn2C. The van der Waals surface area contributed by atoms with Crippen molar-refractivity contribution >= 4 is 34.0 Å². The quantitative estimate of drug-likeness (QED) is 0.515. The number of carbonyl (C=O) groups excluding carboxylic acids is 1. The molecular weight excluding hydrogens is 436 g/mol. The van der Waals surface area contributed by atoms with E-state index in [2.05, 4.69) is 50.7 Å². The summed E-state index contributed by atoms with van der Waals surface area (Å²) in [7, 11) is 1.91. The maximum absolute atomic E-state index is 12.5. The van der Waals surface area contributed by atoms with Crippen LogP contribution in [0.2, 0.25) is 0 Å². The molecule has 0 atom stereocenters. The number of hydrogen-bond donors (Lipinski definition) is 3. The molecule has 9 heteroatoms. The molecule has 2 aromatic heterocycles. The highest BCUT2D eigenvalue weighted by molar-refractivity contribution is 7.11. The Bertz CT molecular complexity index is 1160. The summed E-state index contributed by atoms with van der Waals surface area (Å²) in [4.78, 5) is 20.2. The van der Waals surface area contributed by atoms with E-state index in [0.29, 0.717) is 6.04 Å². The molecule has 8 nitrogen and oxygen atoms in total. The zero-order valence-corrected chi connectivity index (χ0v) is 20.3. The lowest BCUT2D eigenvalue weighted by Crippen LogP contribution is -2.63. The van der Waals surface area contributed by atoms with Crippen LogP contribution in [0, 0.1) is 13.8 Å². The fourth-order valence-corrected chi connectivity index (χ4v) is 6.05. The maximum atomic E-state index is 12.5. The number of hydrogen-bond acceptors (Lipinski definition) is 7. The molecule has 0 radical (unpaired) electrons. The van der Waals surface area contributed by atoms with Crippen molar-refractivity contribution in [3.8, 4) is 0 Å². The lowest BCUT2D eigenvalue weighted by Gasteiger charge is -2.48. The van der Waals surface area contributed by atoms with Gasteiger partial charge in [0, 0.05) is 37.8 Å². The first-order chi connectivity index (χ1) is 15.8. The molecule has 0 unspecified atom stereocenters. The number of aryl methyl sites for hydroxylation is 3. The van der Waals surface area contributed by atoms with Crippen molar-refractivity contribution in [2.75, 3.05) is 25.0 Å². The van der Waals surface area contributed by atoms with Crippen molar-refractivity contribution in [3.05, 3.63) is 39.8 Å². The van der Waals surface area contributed by atoms with Gasteiger partial charge in [0.25, 0.3) is 0 Å². The van der Waals surface area contributed by atoms with Crippen LogP contribution >= 0.6 is 11.3 Å². The third-order valence-electron chi connectivity index (χ3n) is 7.08. The lowest BCUT2D eigenvalue weighted by molar-refractivity contribution is -0.121. The number of likely N-dealkylation sites (tertiary alicyclic amines) is 1. The summed E-state index contributed by atoms with van der Waals surface area (Å²) >= 11 is 1.60. The third-order valence-corrected chi connectivity index (χ3v) is 8.18. The van der Waals surface area contributed by atoms with Crippen LogP contribution in [-0.2, 0) is 17.4 Å². The van der Waals surface area contributed by atoms with Gasteiger partial charge in [-0.05, 0) is 51.7 Å². The third kappa shape index (κ3) is 4.49. The van der Waals surface area contributed by atoms with E-state index in [0.717, 1.165) is 65.4 Å². The van der Waals surface area contributed by atoms with Gasteiger partial charge in [-0.2, -0.15) is 5.10 Å². The van der Waals surface area contributed by atoms with Crippen LogP contribution in [0.25, 0.3) is 10.9 Å². The minimum Gasteiger partial charge on any atom is -0.384 e. The fraction of sp³-hybridized carbons (Fsp3) is 0.542. The Morgan fingerprint density at radius 1 is 1.27 bits per heavy atom. The molecule has 5 rings (SSSR count). The van der Waals surface area contributed by atoms with E-state index in [4.69, 9.17) is 0 Å². The molecule has 0 spiro atoms. The maximum Gasteiger partial charge on any atom is 0.239 e. The molecule has 2 fully saturated rings. The number of aliphatic hydroxyl groups is 1. The monoisotopic (exact) mass is 468 g/mol. The van der Waals surface area contributed by atoms with Gasteiger partial charge in [0.1, 0.15) is 5.60 Å². The second kappa shape index (κ2) is 8.70. The van der Waals surface area contributed by atoms with E-state index >= 15 is 0 Å². The van der Waals surface area contributed by atoms with E-state index in [1.54, 1.807) is 11.3 Å². The van der Waals surface area contributed by atoms with E-state index < -0.39 is 5.60 Å². The van der Waals surface area contributed by atoms with Crippen LogP contribution in [0.4, 0.5) is 5.82 Å². The van der Waals surface area contributed by atoms with Gasteiger partial charge in [-0.15, -0.1) is 11.3 Å². The van der Waals surface area contributed by atoms with Gasteiger partial charge in [0.15, 0.2) is 5.82 Å². The summed E-state index contributed by atoms with van der Waals surface area (Å²) in [5.41, 5.74) is 1.49. The Hall–Kier alpha value is -2.49. The highest BCUT2D eigenvalue weighted by atomic mass is 32.1. The number of fused-ring (bicyclic) bond motifs is 1. The minimum absolute atomic E-state index is 0.00955. The van der Waals surface area contributed by atoms with E-state index in [1.807, 2.05) is 24.9 Å². The number of aromatic nitrogens is 3. The van der Waals surface area contributed by atoms with Gasteiger partial charge in [-0.3, -0.25) is 14.4 Å². The predicted octanol–water partition coefficient (Wildman–Crippen LogP) is 2.69. The van der Waals surface area contributed by atoms with Gasteiger partial charge in [0.05, 0.1) is 28.0 Å². The van der Waals surface area contributed by atoms with Gasteiger partial charge in [0.2, 0.25) is 5.91 Å². The standard InChI is InChI=1S/C24H32N6O2S/c1-15-4-5-20-19(10-15)23(28-29(20)3)26-12-22(31)27-17-13-30(14-17)18-6-8-24(32,9-7-18)21-11-25-16(2)33-21/h4-5,10-11,17-18,32H,6-9,12-14H2,1-3H3,(H,26,28)(H,27,31)/t18-,24-. The normalized spacial score (nSPS) is 24.1. The van der Waals surface area contributed by atoms with Gasteiger partial charge >= 0.3 is 0 Å². The van der Waals surface area contributed by atoms with Crippen molar-refractivity contribution in [1.29, 1.82) is 0 Å². The Kier molecular flexibility index (Phi) is 5.88. The van der Waals surface area contributed by atoms with Crippen molar-refractivity contribution in [3.63, 3.8) is 0 Å². The van der Waals surface area contributed by atoms with Gasteiger partial charge in [-0.25, -0.2) is 4.98 Å². The first-order valence-electron chi connectivity index (χ1n) is 11.7. The van der Waals surface area contributed by atoms with Crippen molar-refractivity contribution in [1.82, 2.24) is 25.0 Å². The first-order valence-corrected chi connectivity index (χ1v) is 12.5. The van der Waals surface area contributed by atoms with E-state index in [9.17, 15) is 9.90 Å². The Morgan fingerprint density at radius 2 is 2.03 bits per heavy atom. The molecule has 1 saturated carbocycles. The average Bonchev–Trinajstić information content (AvgIpc) is 3.33. The molecule has 3 heterocycles. The zero-order valence-electron chi connectivity index (χ0n) is 19.5. The predicted molar refractivity (Wildman–Crippen MR) is 130 cm³/mol. The highest BCUT2D eigenvalue weighted by Crippen LogP contribution is 2.41. The first kappa shape index (κ1) is 22.3. The second-order valence-corrected chi connectivity index (χ2v) is 10.8. The molecular formula is C24H32N6O2S. The molecule has 33 heavy (non-hydrogen) atoms. The molecule has 0 bridgehead atoms. The second-order valence-electron chi connectivity index (χ2n) is 9.57. The van der Waals surface area contributed by atoms with E-state index in [1.165, 1.54) is 5.56 Å². The summed E-state index contributed by atoms with van der Waals surface area (Å²) in [6.07, 6.45) is 5.32. The summed E-state index contributed by atoms with van der Waals surface area (Å²) < 4.78 is 1.83. The zero-order chi connectivity index (χ0) is 23.2. The summed E-state index contributed by atoms with van der Waals surface area (Å²) in [5, 5.41) is 23.9. The number of nitrogens with zero attached hydrogens (tertiary/aromatic N) is 4. The molecule has 2 aliphatic rings. The highest BCUT2D eigenvalue weighted by Gasteiger charge is 2.41. The minimum atomic E-state index is -0.721. The Morgan fingerprint density at radius 3 is 2.73 bits per heavy atom. The van der Waals surface area contributed by atoms with Gasteiger partial charge < -0.3 is 15.7 Å². The Balaban J connectivity index is 1.07. The molecule has 1 saturated heterocycles. The summed E-state index contributed by atoms with van der Waals surface area (Å²) in [6, 6.07) is 6.88. The van der Waals surface area contributed by atoms with Gasteiger partial charge in [-0.1, -0.05) is 11.6 Å². The molecule has 1 aliphatic carbocycles. The van der Waals surface area contributed by atoms with Crippen LogP contribution < -0.4 is 10.6 Å². The fourth-order valence-electron chi connectivity index (χ4n) is 5.12. The van der Waals surface area contributed by atoms with Crippen LogP contribution in [0.5, 0.6) is 0 Å². The molecule has 3 aromatic rings. The number of rotatable bonds is 6. The average molecular weight is 469 g/mol. The Labute approximate surface area is 198 Å². The number of anilines is 1.